The lowest BCUT2D eigenvalue weighted by Gasteiger charge is -2.28. The zero-order chi connectivity index (χ0) is 22.8. The van der Waals surface area contributed by atoms with E-state index in [9.17, 15) is 14.4 Å². The number of benzene rings is 1. The van der Waals surface area contributed by atoms with E-state index in [0.29, 0.717) is 12.2 Å². The molecule has 8 nitrogen and oxygen atoms in total. The Morgan fingerprint density at radius 1 is 1.15 bits per heavy atom. The number of fused-ring (bicyclic) bond motifs is 1. The van der Waals surface area contributed by atoms with Crippen LogP contribution in [0.15, 0.2) is 65.0 Å². The van der Waals surface area contributed by atoms with E-state index in [1.807, 2.05) is 36.5 Å². The second-order valence-corrected chi connectivity index (χ2v) is 8.49. The van der Waals surface area contributed by atoms with Crippen LogP contribution in [0.5, 0.6) is 0 Å². The molecule has 0 spiro atoms. The number of aromatic nitrogens is 1. The zero-order valence-electron chi connectivity index (χ0n) is 18.3. The molecule has 3 heterocycles. The highest BCUT2D eigenvalue weighted by Crippen LogP contribution is 2.25. The van der Waals surface area contributed by atoms with Crippen molar-refractivity contribution in [3.63, 3.8) is 0 Å². The first-order valence-corrected chi connectivity index (χ1v) is 11.3. The number of hydrogen-bond acceptors (Lipinski definition) is 4. The molecule has 3 aromatic rings. The number of furan rings is 1. The summed E-state index contributed by atoms with van der Waals surface area (Å²) in [6.07, 6.45) is 9.65. The summed E-state index contributed by atoms with van der Waals surface area (Å²) >= 11 is 0. The number of aromatic amines is 1. The van der Waals surface area contributed by atoms with Gasteiger partial charge in [0.15, 0.2) is 0 Å². The summed E-state index contributed by atoms with van der Waals surface area (Å²) in [6.45, 7) is -0.0207. The van der Waals surface area contributed by atoms with Gasteiger partial charge in [-0.25, -0.2) is 4.79 Å². The number of amides is 4. The molecule has 2 N–H and O–H groups in total. The third-order valence-electron chi connectivity index (χ3n) is 6.31. The molecule has 1 aliphatic carbocycles. The van der Waals surface area contributed by atoms with Crippen LogP contribution in [0.2, 0.25) is 0 Å². The van der Waals surface area contributed by atoms with E-state index in [1.165, 1.54) is 0 Å². The van der Waals surface area contributed by atoms with Crippen LogP contribution in [0.4, 0.5) is 4.79 Å². The highest BCUT2D eigenvalue weighted by Gasteiger charge is 2.40. The van der Waals surface area contributed by atoms with Crippen molar-refractivity contribution in [2.45, 2.75) is 44.7 Å². The van der Waals surface area contributed by atoms with Gasteiger partial charge >= 0.3 is 6.03 Å². The van der Waals surface area contributed by atoms with Crippen molar-refractivity contribution in [3.05, 3.63) is 72.0 Å². The molecular formula is C25H26N4O4. The minimum absolute atomic E-state index is 0.278. The zero-order valence-corrected chi connectivity index (χ0v) is 18.3. The maximum atomic E-state index is 13.3. The van der Waals surface area contributed by atoms with Gasteiger partial charge < -0.3 is 19.6 Å². The second-order valence-electron chi connectivity index (χ2n) is 8.49. The average molecular weight is 447 g/mol. The quantitative estimate of drug-likeness (QED) is 0.541. The van der Waals surface area contributed by atoms with E-state index in [4.69, 9.17) is 4.42 Å². The molecule has 0 bridgehead atoms. The molecule has 4 amide bonds. The molecule has 2 aliphatic rings. The van der Waals surface area contributed by atoms with Crippen LogP contribution < -0.4 is 5.32 Å². The van der Waals surface area contributed by atoms with Gasteiger partial charge in [-0.05, 0) is 49.4 Å². The number of nitrogens with zero attached hydrogens (tertiary/aromatic N) is 2. The van der Waals surface area contributed by atoms with Crippen molar-refractivity contribution >= 4 is 28.7 Å². The monoisotopic (exact) mass is 446 g/mol. The summed E-state index contributed by atoms with van der Waals surface area (Å²) < 4.78 is 5.44. The van der Waals surface area contributed by atoms with Gasteiger partial charge in [0.2, 0.25) is 5.91 Å². The highest BCUT2D eigenvalue weighted by atomic mass is 16.3. The molecule has 1 aliphatic heterocycles. The Labute approximate surface area is 191 Å². The number of H-pyrrole nitrogens is 1. The Bertz CT molecular complexity index is 1210. The molecule has 170 valence electrons. The first-order valence-electron chi connectivity index (χ1n) is 11.3. The summed E-state index contributed by atoms with van der Waals surface area (Å²) in [6, 6.07) is 10.2. The minimum Gasteiger partial charge on any atom is -0.467 e. The molecule has 8 heteroatoms. The van der Waals surface area contributed by atoms with Gasteiger partial charge in [-0.3, -0.25) is 14.5 Å². The molecule has 1 aromatic carbocycles. The van der Waals surface area contributed by atoms with Gasteiger partial charge in [0.25, 0.3) is 5.91 Å². The Hall–Kier alpha value is -3.81. The third kappa shape index (κ3) is 4.28. The van der Waals surface area contributed by atoms with Crippen LogP contribution in [0.1, 0.15) is 37.0 Å². The van der Waals surface area contributed by atoms with Crippen LogP contribution in [0.25, 0.3) is 10.9 Å². The molecule has 0 saturated carbocycles. The van der Waals surface area contributed by atoms with Crippen LogP contribution in [0.3, 0.4) is 0 Å². The van der Waals surface area contributed by atoms with E-state index in [2.05, 4.69) is 16.4 Å². The number of carbonyl (C=O) groups is 3. The fourth-order valence-corrected chi connectivity index (χ4v) is 4.58. The van der Waals surface area contributed by atoms with E-state index >= 15 is 0 Å². The van der Waals surface area contributed by atoms with Crippen LogP contribution in [-0.2, 0) is 22.6 Å². The Kier molecular flexibility index (Phi) is 5.73. The first kappa shape index (κ1) is 21.1. The lowest BCUT2D eigenvalue weighted by molar-refractivity contribution is -0.136. The second kappa shape index (κ2) is 8.97. The molecule has 1 saturated heterocycles. The normalized spacial score (nSPS) is 18.5. The summed E-state index contributed by atoms with van der Waals surface area (Å²) in [5.74, 6) is -0.0192. The average Bonchev–Trinajstić information content (AvgIpc) is 3.56. The predicted octanol–water partition coefficient (Wildman–Crippen LogP) is 3.71. The van der Waals surface area contributed by atoms with Crippen LogP contribution in [0, 0.1) is 0 Å². The molecular weight excluding hydrogens is 420 g/mol. The van der Waals surface area contributed by atoms with Gasteiger partial charge in [-0.15, -0.1) is 0 Å². The summed E-state index contributed by atoms with van der Waals surface area (Å²) in [5, 5.41) is 3.76. The number of imide groups is 1. The SMILES string of the molecule is O=C(CN1C(=O)N[C@H](Cc2c[nH]c3ccccc23)C1=O)N(Cc1ccco1)C1=CCCCC1. The number of urea groups is 1. The van der Waals surface area contributed by atoms with Crippen molar-refractivity contribution in [1.82, 2.24) is 20.1 Å². The highest BCUT2D eigenvalue weighted by molar-refractivity contribution is 6.07. The fourth-order valence-electron chi connectivity index (χ4n) is 4.58. The Morgan fingerprint density at radius 2 is 2.03 bits per heavy atom. The van der Waals surface area contributed by atoms with E-state index in [1.54, 1.807) is 17.2 Å². The largest absolute Gasteiger partial charge is 0.467 e. The maximum absolute atomic E-state index is 13.3. The first-order chi connectivity index (χ1) is 16.1. The van der Waals surface area contributed by atoms with Gasteiger partial charge in [0.1, 0.15) is 18.3 Å². The molecule has 0 radical (unpaired) electrons. The summed E-state index contributed by atoms with van der Waals surface area (Å²) in [4.78, 5) is 44.8. The Morgan fingerprint density at radius 3 is 2.82 bits per heavy atom. The molecule has 1 atom stereocenters. The topological polar surface area (TPSA) is 98.7 Å². The number of para-hydroxylation sites is 1. The lowest BCUT2D eigenvalue weighted by Crippen LogP contribution is -2.43. The van der Waals surface area contributed by atoms with Crippen molar-refractivity contribution < 1.29 is 18.8 Å². The van der Waals surface area contributed by atoms with Crippen molar-refractivity contribution in [2.24, 2.45) is 0 Å². The van der Waals surface area contributed by atoms with Crippen LogP contribution >= 0.6 is 0 Å². The van der Waals surface area contributed by atoms with Crippen molar-refractivity contribution in [2.75, 3.05) is 6.54 Å². The van der Waals surface area contributed by atoms with Crippen molar-refractivity contribution in [3.8, 4) is 0 Å². The van der Waals surface area contributed by atoms with E-state index in [0.717, 1.165) is 52.7 Å². The van der Waals surface area contributed by atoms with Gasteiger partial charge in [0.05, 0.1) is 12.8 Å². The van der Waals surface area contributed by atoms with Gasteiger partial charge in [0, 0.05) is 29.2 Å². The Balaban J connectivity index is 1.30. The molecule has 2 aromatic heterocycles. The summed E-state index contributed by atoms with van der Waals surface area (Å²) in [5.41, 5.74) is 2.85. The molecule has 33 heavy (non-hydrogen) atoms. The lowest BCUT2D eigenvalue weighted by atomic mass is 10.0. The minimum atomic E-state index is -0.697. The number of nitrogens with one attached hydrogen (secondary N) is 2. The third-order valence-corrected chi connectivity index (χ3v) is 6.31. The molecule has 1 fully saturated rings. The summed E-state index contributed by atoms with van der Waals surface area (Å²) in [7, 11) is 0. The standard InChI is InChI=1S/C25H26N4O4/c30-23(28(15-19-9-6-12-33-19)18-7-2-1-3-8-18)16-29-24(31)22(27-25(29)32)13-17-14-26-21-11-5-4-10-20(17)21/h4-7,9-12,14,22,26H,1-3,8,13,15-16H2,(H,27,32)/t22-/m1/s1. The number of carbonyl (C=O) groups excluding carboxylic acids is 3. The molecule has 5 rings (SSSR count). The number of hydrogen-bond donors (Lipinski definition) is 2. The van der Waals surface area contributed by atoms with Gasteiger partial charge in [-0.2, -0.15) is 0 Å². The number of rotatable bonds is 7. The van der Waals surface area contributed by atoms with E-state index < -0.39 is 12.1 Å². The smallest absolute Gasteiger partial charge is 0.325 e. The fraction of sp³-hybridized carbons (Fsp3) is 0.320. The van der Waals surface area contributed by atoms with Crippen molar-refractivity contribution in [1.29, 1.82) is 0 Å². The number of allylic oxidation sites excluding steroid dienone is 2. The van der Waals surface area contributed by atoms with Gasteiger partial charge in [-0.1, -0.05) is 24.3 Å². The predicted molar refractivity (Wildman–Crippen MR) is 122 cm³/mol. The van der Waals surface area contributed by atoms with E-state index in [-0.39, 0.29) is 24.9 Å². The maximum Gasteiger partial charge on any atom is 0.325 e. The van der Waals surface area contributed by atoms with Crippen LogP contribution in [-0.4, -0.2) is 45.2 Å². The molecule has 0 unspecified atom stereocenters.